The summed E-state index contributed by atoms with van der Waals surface area (Å²) in [6.45, 7) is 17.9. The van der Waals surface area contributed by atoms with Gasteiger partial charge in [0.05, 0.1) is 5.57 Å². The van der Waals surface area contributed by atoms with E-state index in [1.165, 1.54) is 0 Å². The lowest BCUT2D eigenvalue weighted by atomic mass is 9.94. The SMILES string of the molecule is C=C/C(C)=c1/[nH]cc/c1=C(C)\C(C)=C(/CNC)C(=C)CCN=C/C(=C\N=C)C(F)(F)F. The molecule has 0 atom stereocenters. The van der Waals surface area contributed by atoms with Crippen molar-refractivity contribution in [1.29, 1.82) is 0 Å². The van der Waals surface area contributed by atoms with Crippen molar-refractivity contribution in [2.75, 3.05) is 20.1 Å². The maximum Gasteiger partial charge on any atom is 0.419 e. The van der Waals surface area contributed by atoms with E-state index in [1.807, 2.05) is 40.1 Å². The van der Waals surface area contributed by atoms with Crippen molar-refractivity contribution in [3.05, 3.63) is 70.6 Å². The van der Waals surface area contributed by atoms with Crippen LogP contribution >= 0.6 is 0 Å². The third kappa shape index (κ3) is 7.36. The number of halogens is 3. The average molecular weight is 433 g/mol. The van der Waals surface area contributed by atoms with Crippen LogP contribution in [0.3, 0.4) is 0 Å². The van der Waals surface area contributed by atoms with E-state index >= 15 is 0 Å². The number of hydrogen-bond donors (Lipinski definition) is 2. The highest BCUT2D eigenvalue weighted by molar-refractivity contribution is 5.80. The van der Waals surface area contributed by atoms with E-state index in [4.69, 9.17) is 0 Å². The van der Waals surface area contributed by atoms with Crippen LogP contribution in [-0.4, -0.2) is 44.2 Å². The summed E-state index contributed by atoms with van der Waals surface area (Å²) in [4.78, 5) is 10.4. The molecule has 0 amide bonds. The van der Waals surface area contributed by atoms with Crippen molar-refractivity contribution < 1.29 is 13.2 Å². The number of aliphatic imine (C=N–C) groups is 2. The predicted octanol–water partition coefficient (Wildman–Crippen LogP) is 4.24. The highest BCUT2D eigenvalue weighted by Crippen LogP contribution is 2.24. The van der Waals surface area contributed by atoms with Gasteiger partial charge in [-0.25, -0.2) is 0 Å². The number of likely N-dealkylation sites (N-methyl/N-ethyl adjacent to an activating group) is 1. The molecular weight excluding hydrogens is 401 g/mol. The topological polar surface area (TPSA) is 52.5 Å². The summed E-state index contributed by atoms with van der Waals surface area (Å²) in [6, 6.07) is 2.02. The van der Waals surface area contributed by atoms with Crippen molar-refractivity contribution in [3.63, 3.8) is 0 Å². The van der Waals surface area contributed by atoms with Crippen molar-refractivity contribution in [2.45, 2.75) is 33.4 Å². The molecule has 0 saturated carbocycles. The number of allylic oxidation sites excluding steroid dienone is 3. The van der Waals surface area contributed by atoms with Crippen molar-refractivity contribution in [3.8, 4) is 0 Å². The molecule has 0 saturated heterocycles. The molecule has 31 heavy (non-hydrogen) atoms. The number of aromatic amines is 1. The minimum absolute atomic E-state index is 0.182. The molecule has 1 aromatic rings. The fourth-order valence-corrected chi connectivity index (χ4v) is 3.03. The Hall–Kier alpha value is -2.93. The van der Waals surface area contributed by atoms with Gasteiger partial charge in [0.25, 0.3) is 0 Å². The third-order valence-corrected chi connectivity index (χ3v) is 4.98. The van der Waals surface area contributed by atoms with Crippen LogP contribution in [-0.2, 0) is 0 Å². The Morgan fingerprint density at radius 3 is 2.48 bits per heavy atom. The van der Waals surface area contributed by atoms with Gasteiger partial charge in [-0.2, -0.15) is 13.2 Å². The Morgan fingerprint density at radius 2 is 1.94 bits per heavy atom. The molecule has 4 nitrogen and oxygen atoms in total. The Morgan fingerprint density at radius 1 is 1.26 bits per heavy atom. The first-order valence-electron chi connectivity index (χ1n) is 9.81. The number of hydrogen-bond acceptors (Lipinski definition) is 3. The Bertz CT molecular complexity index is 1020. The van der Waals surface area contributed by atoms with Gasteiger partial charge in [0.15, 0.2) is 0 Å². The fourth-order valence-electron chi connectivity index (χ4n) is 3.03. The molecule has 1 rings (SSSR count). The van der Waals surface area contributed by atoms with E-state index in [0.29, 0.717) is 19.2 Å². The second-order valence-corrected chi connectivity index (χ2v) is 7.07. The molecule has 1 heterocycles. The standard InChI is InChI=1S/C24H31F3N4/c1-8-16(2)23-21(10-12-31-23)18(4)19(5)22(15-29-7)17(3)9-11-30-14-20(13-28-6)24(25,26)27/h8,10,12-14,29,31H,1,3,6,9,11,15H2,2,4-5,7H3/b20-13+,21-18+,22-19+,23-16+,30-14?. The molecule has 2 N–H and O–H groups in total. The molecule has 0 radical (unpaired) electrons. The summed E-state index contributed by atoms with van der Waals surface area (Å²) < 4.78 is 38.6. The molecule has 0 unspecified atom stereocenters. The van der Waals surface area contributed by atoms with Crippen molar-refractivity contribution in [1.82, 2.24) is 10.3 Å². The minimum Gasteiger partial charge on any atom is -0.361 e. The summed E-state index contributed by atoms with van der Waals surface area (Å²) in [5, 5.41) is 5.23. The Labute approximate surface area is 182 Å². The Balaban J connectivity index is 3.22. The van der Waals surface area contributed by atoms with Crippen LogP contribution in [0.25, 0.3) is 11.1 Å². The third-order valence-electron chi connectivity index (χ3n) is 4.98. The van der Waals surface area contributed by atoms with Gasteiger partial charge >= 0.3 is 6.18 Å². The molecule has 0 aliphatic rings. The summed E-state index contributed by atoms with van der Waals surface area (Å²) in [5.74, 6) is 0. The molecule has 0 fully saturated rings. The first-order valence-corrected chi connectivity index (χ1v) is 9.81. The molecule has 0 spiro atoms. The molecule has 168 valence electrons. The first-order chi connectivity index (χ1) is 14.6. The zero-order chi connectivity index (χ0) is 23.6. The number of nitrogens with zero attached hydrogens (tertiary/aromatic N) is 2. The van der Waals surface area contributed by atoms with Gasteiger partial charge in [0.2, 0.25) is 0 Å². The highest BCUT2D eigenvalue weighted by atomic mass is 19.4. The molecule has 7 heteroatoms. The Kier molecular flexibility index (Phi) is 10.1. The lowest BCUT2D eigenvalue weighted by Crippen LogP contribution is -2.27. The highest BCUT2D eigenvalue weighted by Gasteiger charge is 2.32. The van der Waals surface area contributed by atoms with E-state index in [0.717, 1.165) is 44.6 Å². The number of H-pyrrole nitrogens is 1. The molecule has 0 aliphatic heterocycles. The van der Waals surface area contributed by atoms with E-state index in [1.54, 1.807) is 6.08 Å². The lowest BCUT2D eigenvalue weighted by molar-refractivity contribution is -0.0857. The van der Waals surface area contributed by atoms with Crippen LogP contribution in [0.2, 0.25) is 0 Å². The van der Waals surface area contributed by atoms with Crippen LogP contribution in [0.15, 0.2) is 70.0 Å². The van der Waals surface area contributed by atoms with Gasteiger partial charge in [0.1, 0.15) is 0 Å². The van der Waals surface area contributed by atoms with E-state index in [9.17, 15) is 13.2 Å². The maximum atomic E-state index is 12.9. The van der Waals surface area contributed by atoms with E-state index in [-0.39, 0.29) is 6.54 Å². The average Bonchev–Trinajstić information content (AvgIpc) is 3.21. The predicted molar refractivity (Wildman–Crippen MR) is 126 cm³/mol. The molecule has 0 aliphatic carbocycles. The minimum atomic E-state index is -4.52. The van der Waals surface area contributed by atoms with Crippen LogP contribution in [0.4, 0.5) is 13.2 Å². The number of nitrogens with one attached hydrogen (secondary N) is 2. The number of rotatable bonds is 10. The van der Waals surface area contributed by atoms with Gasteiger partial charge in [0, 0.05) is 42.3 Å². The smallest absolute Gasteiger partial charge is 0.361 e. The number of alkyl halides is 3. The summed E-state index contributed by atoms with van der Waals surface area (Å²) in [7, 11) is 1.84. The summed E-state index contributed by atoms with van der Waals surface area (Å²) in [6.07, 6.45) is 1.05. The van der Waals surface area contributed by atoms with Gasteiger partial charge in [-0.3, -0.25) is 9.98 Å². The summed E-state index contributed by atoms with van der Waals surface area (Å²) in [5.41, 5.74) is 4.09. The lowest BCUT2D eigenvalue weighted by Gasteiger charge is -2.15. The maximum absolute atomic E-state index is 12.9. The van der Waals surface area contributed by atoms with Gasteiger partial charge in [-0.1, -0.05) is 19.2 Å². The zero-order valence-electron chi connectivity index (χ0n) is 18.7. The van der Waals surface area contributed by atoms with Gasteiger partial charge in [-0.15, -0.1) is 0 Å². The molecule has 1 aromatic heterocycles. The monoisotopic (exact) mass is 432 g/mol. The van der Waals surface area contributed by atoms with Crippen LogP contribution in [0, 0.1) is 0 Å². The van der Waals surface area contributed by atoms with Crippen LogP contribution < -0.4 is 15.9 Å². The van der Waals surface area contributed by atoms with Crippen LogP contribution in [0.1, 0.15) is 27.2 Å². The molecule has 0 aromatic carbocycles. The second-order valence-electron chi connectivity index (χ2n) is 7.07. The van der Waals surface area contributed by atoms with E-state index < -0.39 is 11.7 Å². The van der Waals surface area contributed by atoms with Crippen molar-refractivity contribution >= 4 is 24.1 Å². The van der Waals surface area contributed by atoms with Crippen molar-refractivity contribution in [2.24, 2.45) is 9.98 Å². The molecular formula is C24H31F3N4. The van der Waals surface area contributed by atoms with E-state index in [2.05, 4.69) is 40.2 Å². The molecule has 0 bridgehead atoms. The quantitative estimate of drug-likeness (QED) is 0.422. The van der Waals surface area contributed by atoms with Gasteiger partial charge < -0.3 is 10.3 Å². The summed E-state index contributed by atoms with van der Waals surface area (Å²) >= 11 is 0. The van der Waals surface area contributed by atoms with Crippen LogP contribution in [0.5, 0.6) is 0 Å². The number of aromatic nitrogens is 1. The normalized spacial score (nSPS) is 15.5. The largest absolute Gasteiger partial charge is 0.419 e. The first kappa shape index (κ1) is 26.1. The zero-order valence-corrected chi connectivity index (χ0v) is 18.7. The fraction of sp³-hybridized carbons (Fsp3) is 0.333. The second kappa shape index (κ2) is 12.1. The van der Waals surface area contributed by atoms with Gasteiger partial charge in [-0.05, 0) is 74.9 Å².